The van der Waals surface area contributed by atoms with Crippen molar-refractivity contribution in [2.75, 3.05) is 0 Å². The first-order chi connectivity index (χ1) is 16.8. The minimum atomic E-state index is -0.676. The number of carbonyl (C=O) groups excluding carboxylic acids is 2. The summed E-state index contributed by atoms with van der Waals surface area (Å²) < 4.78 is 12.4. The molecule has 0 saturated heterocycles. The third kappa shape index (κ3) is 6.42. The summed E-state index contributed by atoms with van der Waals surface area (Å²) in [5.74, 6) is -0.605. The quantitative estimate of drug-likeness (QED) is 0.336. The van der Waals surface area contributed by atoms with E-state index in [4.69, 9.17) is 9.47 Å². The fourth-order valence-electron chi connectivity index (χ4n) is 3.78. The Kier molecular flexibility index (Phi) is 8.08. The SMILES string of the molecule is Cc1ccc(C(OC(=O)C(C)(C)C)c2ccccc2C(OC(=O)C(C)(C)C)c2ccccc2C)cc1. The monoisotopic (exact) mass is 486 g/mol. The maximum absolute atomic E-state index is 13.1. The molecule has 3 aromatic rings. The molecule has 0 N–H and O–H groups in total. The highest BCUT2D eigenvalue weighted by molar-refractivity contribution is 5.77. The van der Waals surface area contributed by atoms with Gasteiger partial charge < -0.3 is 9.47 Å². The molecule has 0 bridgehead atoms. The minimum Gasteiger partial charge on any atom is -0.452 e. The number of carbonyl (C=O) groups is 2. The van der Waals surface area contributed by atoms with Crippen LogP contribution in [0.3, 0.4) is 0 Å². The Bertz CT molecular complexity index is 1210. The van der Waals surface area contributed by atoms with Crippen LogP contribution in [0.2, 0.25) is 0 Å². The zero-order chi connectivity index (χ0) is 26.7. The lowest BCUT2D eigenvalue weighted by molar-refractivity contribution is -0.159. The summed E-state index contributed by atoms with van der Waals surface area (Å²) in [5, 5.41) is 0. The number of hydrogen-bond donors (Lipinski definition) is 0. The molecule has 4 heteroatoms. The Balaban J connectivity index is 2.21. The smallest absolute Gasteiger partial charge is 0.312 e. The van der Waals surface area contributed by atoms with E-state index < -0.39 is 23.0 Å². The van der Waals surface area contributed by atoms with Gasteiger partial charge >= 0.3 is 11.9 Å². The highest BCUT2D eigenvalue weighted by Gasteiger charge is 2.34. The van der Waals surface area contributed by atoms with Crippen molar-refractivity contribution < 1.29 is 19.1 Å². The van der Waals surface area contributed by atoms with E-state index in [0.29, 0.717) is 0 Å². The van der Waals surface area contributed by atoms with Crippen LogP contribution in [-0.2, 0) is 19.1 Å². The van der Waals surface area contributed by atoms with E-state index >= 15 is 0 Å². The molecule has 0 fully saturated rings. The Labute approximate surface area is 215 Å². The highest BCUT2D eigenvalue weighted by atomic mass is 16.6. The summed E-state index contributed by atoms with van der Waals surface area (Å²) in [7, 11) is 0. The lowest BCUT2D eigenvalue weighted by Gasteiger charge is -2.30. The largest absolute Gasteiger partial charge is 0.452 e. The molecule has 3 rings (SSSR count). The van der Waals surface area contributed by atoms with Crippen LogP contribution in [0.25, 0.3) is 0 Å². The standard InChI is InChI=1S/C32H38O4/c1-21-17-19-23(20-18-21)27(35-29(33)31(3,4)5)25-15-11-12-16-26(25)28(36-30(34)32(6,7)8)24-14-10-9-13-22(24)2/h9-20,27-28H,1-8H3. The van der Waals surface area contributed by atoms with Crippen molar-refractivity contribution in [3.63, 3.8) is 0 Å². The van der Waals surface area contributed by atoms with Crippen molar-refractivity contribution in [1.82, 2.24) is 0 Å². The molecule has 190 valence electrons. The minimum absolute atomic E-state index is 0.302. The molecule has 0 aromatic heterocycles. The zero-order valence-corrected chi connectivity index (χ0v) is 22.7. The van der Waals surface area contributed by atoms with Crippen LogP contribution in [0.5, 0.6) is 0 Å². The second-order valence-corrected chi connectivity index (χ2v) is 11.5. The second-order valence-electron chi connectivity index (χ2n) is 11.5. The second kappa shape index (κ2) is 10.7. The van der Waals surface area contributed by atoms with Crippen LogP contribution in [0, 0.1) is 24.7 Å². The Morgan fingerprint density at radius 3 is 1.47 bits per heavy atom. The van der Waals surface area contributed by atoms with Gasteiger partial charge in [-0.15, -0.1) is 0 Å². The molecule has 2 atom stereocenters. The third-order valence-electron chi connectivity index (χ3n) is 6.09. The fourth-order valence-corrected chi connectivity index (χ4v) is 3.78. The van der Waals surface area contributed by atoms with Crippen LogP contribution in [-0.4, -0.2) is 11.9 Å². The molecule has 4 nitrogen and oxygen atoms in total. The Hall–Kier alpha value is -3.40. The van der Waals surface area contributed by atoms with Crippen molar-refractivity contribution in [2.24, 2.45) is 10.8 Å². The lowest BCUT2D eigenvalue weighted by Crippen LogP contribution is -2.28. The predicted molar refractivity (Wildman–Crippen MR) is 144 cm³/mol. The number of benzene rings is 3. The maximum atomic E-state index is 13.1. The van der Waals surface area contributed by atoms with Crippen LogP contribution in [0.4, 0.5) is 0 Å². The van der Waals surface area contributed by atoms with Gasteiger partial charge in [-0.3, -0.25) is 9.59 Å². The molecule has 0 aliphatic heterocycles. The normalized spacial score (nSPS) is 13.6. The molecule has 0 spiro atoms. The molecule has 2 unspecified atom stereocenters. The van der Waals surface area contributed by atoms with Gasteiger partial charge in [-0.1, -0.05) is 78.4 Å². The summed E-state index contributed by atoms with van der Waals surface area (Å²) in [5.41, 5.74) is 4.11. The van der Waals surface area contributed by atoms with Gasteiger partial charge in [0, 0.05) is 11.1 Å². The average Bonchev–Trinajstić information content (AvgIpc) is 2.81. The molecule has 0 saturated carbocycles. The van der Waals surface area contributed by atoms with Crippen LogP contribution >= 0.6 is 0 Å². The molecule has 36 heavy (non-hydrogen) atoms. The van der Waals surface area contributed by atoms with Crippen molar-refractivity contribution in [3.8, 4) is 0 Å². The van der Waals surface area contributed by atoms with Crippen LogP contribution < -0.4 is 0 Å². The summed E-state index contributed by atoms with van der Waals surface area (Å²) in [6.45, 7) is 15.1. The lowest BCUT2D eigenvalue weighted by atomic mass is 9.88. The van der Waals surface area contributed by atoms with E-state index in [1.54, 1.807) is 0 Å². The van der Waals surface area contributed by atoms with Crippen LogP contribution in [0.15, 0.2) is 72.8 Å². The predicted octanol–water partition coefficient (Wildman–Crippen LogP) is 7.66. The molecular formula is C32H38O4. The molecule has 0 radical (unpaired) electrons. The zero-order valence-electron chi connectivity index (χ0n) is 22.7. The molecule has 0 heterocycles. The van der Waals surface area contributed by atoms with Gasteiger partial charge in [0.25, 0.3) is 0 Å². The number of esters is 2. The molecule has 3 aromatic carbocycles. The first kappa shape index (κ1) is 27.2. The van der Waals surface area contributed by atoms with E-state index in [-0.39, 0.29) is 11.9 Å². The number of hydrogen-bond acceptors (Lipinski definition) is 4. The molecule has 0 amide bonds. The van der Waals surface area contributed by atoms with Gasteiger partial charge in [0.15, 0.2) is 12.2 Å². The summed E-state index contributed by atoms with van der Waals surface area (Å²) >= 11 is 0. The summed E-state index contributed by atoms with van der Waals surface area (Å²) in [6.07, 6.45) is -1.32. The van der Waals surface area contributed by atoms with Gasteiger partial charge in [-0.2, -0.15) is 0 Å². The van der Waals surface area contributed by atoms with Gasteiger partial charge in [-0.05, 0) is 72.1 Å². The van der Waals surface area contributed by atoms with Crippen molar-refractivity contribution in [2.45, 2.75) is 67.6 Å². The van der Waals surface area contributed by atoms with Crippen molar-refractivity contribution >= 4 is 11.9 Å². The van der Waals surface area contributed by atoms with E-state index in [0.717, 1.165) is 33.4 Å². The number of aryl methyl sites for hydroxylation is 2. The molecule has 0 aliphatic carbocycles. The summed E-state index contributed by atoms with van der Waals surface area (Å²) in [4.78, 5) is 26.2. The van der Waals surface area contributed by atoms with Gasteiger partial charge in [0.1, 0.15) is 0 Å². The highest BCUT2D eigenvalue weighted by Crippen LogP contribution is 2.39. The van der Waals surface area contributed by atoms with Gasteiger partial charge in [0.05, 0.1) is 10.8 Å². The Morgan fingerprint density at radius 1 is 0.583 bits per heavy atom. The van der Waals surface area contributed by atoms with E-state index in [2.05, 4.69) is 0 Å². The molecular weight excluding hydrogens is 448 g/mol. The summed E-state index contributed by atoms with van der Waals surface area (Å²) in [6, 6.07) is 23.6. The first-order valence-corrected chi connectivity index (χ1v) is 12.4. The topological polar surface area (TPSA) is 52.6 Å². The molecule has 0 aliphatic rings. The van der Waals surface area contributed by atoms with Gasteiger partial charge in [-0.25, -0.2) is 0 Å². The van der Waals surface area contributed by atoms with E-state index in [9.17, 15) is 9.59 Å². The fraction of sp³-hybridized carbons (Fsp3) is 0.375. The number of ether oxygens (including phenoxy) is 2. The number of rotatable bonds is 6. The van der Waals surface area contributed by atoms with E-state index in [1.807, 2.05) is 128 Å². The average molecular weight is 487 g/mol. The third-order valence-corrected chi connectivity index (χ3v) is 6.09. The van der Waals surface area contributed by atoms with Gasteiger partial charge in [0.2, 0.25) is 0 Å². The van der Waals surface area contributed by atoms with Crippen LogP contribution in [0.1, 0.15) is 87.1 Å². The van der Waals surface area contributed by atoms with E-state index in [1.165, 1.54) is 0 Å². The van der Waals surface area contributed by atoms with Crippen molar-refractivity contribution in [3.05, 3.63) is 106 Å². The first-order valence-electron chi connectivity index (χ1n) is 12.4. The Morgan fingerprint density at radius 2 is 1.00 bits per heavy atom. The maximum Gasteiger partial charge on any atom is 0.312 e. The van der Waals surface area contributed by atoms with Crippen molar-refractivity contribution in [1.29, 1.82) is 0 Å².